The van der Waals surface area contributed by atoms with Crippen LogP contribution in [0.1, 0.15) is 46.5 Å². The molecule has 0 saturated carbocycles. The number of hydrogen-bond donors (Lipinski definition) is 2. The lowest BCUT2D eigenvalue weighted by Gasteiger charge is -2.27. The summed E-state index contributed by atoms with van der Waals surface area (Å²) in [5.74, 6) is 0.142. The molecule has 0 aromatic heterocycles. The van der Waals surface area contributed by atoms with Gasteiger partial charge in [-0.2, -0.15) is 12.6 Å². The maximum Gasteiger partial charge on any atom is 0.245 e. The number of hydrogen-bond acceptors (Lipinski definition) is 3. The molecule has 0 bridgehead atoms. The molecule has 0 aliphatic carbocycles. The number of carbonyl (C=O) groups is 2. The molecule has 1 N–H and O–H groups in total. The van der Waals surface area contributed by atoms with Crippen LogP contribution in [0.25, 0.3) is 0 Å². The Morgan fingerprint density at radius 2 is 1.67 bits per heavy atom. The van der Waals surface area contributed by atoms with Gasteiger partial charge >= 0.3 is 0 Å². The van der Waals surface area contributed by atoms with Crippen LogP contribution in [0.5, 0.6) is 0 Å². The van der Waals surface area contributed by atoms with Gasteiger partial charge in [0.25, 0.3) is 0 Å². The molecule has 1 unspecified atom stereocenters. The predicted molar refractivity (Wildman–Crippen MR) is 77.9 cm³/mol. The van der Waals surface area contributed by atoms with E-state index < -0.39 is 6.04 Å². The number of nitrogens with zero attached hydrogens (tertiary/aromatic N) is 1. The van der Waals surface area contributed by atoms with Gasteiger partial charge in [0.2, 0.25) is 11.8 Å². The molecule has 1 atom stereocenters. The first kappa shape index (κ1) is 17.3. The Balaban J connectivity index is 4.51. The molecule has 0 fully saturated rings. The molecule has 0 spiro atoms. The van der Waals surface area contributed by atoms with Crippen LogP contribution in [0.2, 0.25) is 0 Å². The Morgan fingerprint density at radius 3 is 2.00 bits per heavy atom. The quantitative estimate of drug-likeness (QED) is 0.630. The Morgan fingerprint density at radius 1 is 1.17 bits per heavy atom. The average molecular weight is 274 g/mol. The maximum absolute atomic E-state index is 12.3. The maximum atomic E-state index is 12.3. The summed E-state index contributed by atoms with van der Waals surface area (Å²) < 4.78 is 0. The number of carbonyl (C=O) groups excluding carboxylic acids is 2. The van der Waals surface area contributed by atoms with E-state index in [4.69, 9.17) is 0 Å². The molecule has 2 amide bonds. The van der Waals surface area contributed by atoms with E-state index in [0.29, 0.717) is 5.75 Å². The van der Waals surface area contributed by atoms with E-state index in [-0.39, 0.29) is 11.8 Å². The van der Waals surface area contributed by atoms with Gasteiger partial charge in [-0.05, 0) is 12.8 Å². The predicted octanol–water partition coefficient (Wildman–Crippen LogP) is 1.85. The summed E-state index contributed by atoms with van der Waals surface area (Å²) in [6.07, 6.45) is 4.10. The van der Waals surface area contributed by atoms with E-state index in [2.05, 4.69) is 31.8 Å². The zero-order valence-corrected chi connectivity index (χ0v) is 12.6. The summed E-state index contributed by atoms with van der Waals surface area (Å²) in [7, 11) is 0. The van der Waals surface area contributed by atoms with Gasteiger partial charge in [-0.25, -0.2) is 0 Å². The Labute approximate surface area is 116 Å². The fourth-order valence-corrected chi connectivity index (χ4v) is 1.93. The van der Waals surface area contributed by atoms with E-state index in [9.17, 15) is 9.59 Å². The van der Waals surface area contributed by atoms with Gasteiger partial charge in [-0.3, -0.25) is 9.59 Å². The molecule has 0 aromatic carbocycles. The normalized spacial score (nSPS) is 12.0. The topological polar surface area (TPSA) is 49.4 Å². The molecule has 0 saturated heterocycles. The van der Waals surface area contributed by atoms with Gasteiger partial charge in [-0.15, -0.1) is 0 Å². The second kappa shape index (κ2) is 10.2. The summed E-state index contributed by atoms with van der Waals surface area (Å²) in [5, 5.41) is 2.66. The third-order valence-electron chi connectivity index (χ3n) is 2.73. The minimum Gasteiger partial charge on any atom is -0.344 e. The van der Waals surface area contributed by atoms with Crippen LogP contribution in [0.3, 0.4) is 0 Å². The highest BCUT2D eigenvalue weighted by Crippen LogP contribution is 2.04. The van der Waals surface area contributed by atoms with E-state index in [1.54, 1.807) is 0 Å². The fraction of sp³-hybridized carbons (Fsp3) is 0.846. The lowest BCUT2D eigenvalue weighted by Crippen LogP contribution is -2.49. The zero-order chi connectivity index (χ0) is 14.0. The first-order valence-electron chi connectivity index (χ1n) is 6.73. The van der Waals surface area contributed by atoms with Crippen molar-refractivity contribution in [1.29, 1.82) is 0 Å². The summed E-state index contributed by atoms with van der Waals surface area (Å²) in [6.45, 7) is 7.16. The monoisotopic (exact) mass is 274 g/mol. The molecule has 0 aromatic rings. The van der Waals surface area contributed by atoms with E-state index in [1.807, 2.05) is 4.90 Å². The van der Waals surface area contributed by atoms with Crippen molar-refractivity contribution in [2.45, 2.75) is 52.5 Å². The Hall–Kier alpha value is -0.710. The highest BCUT2D eigenvalue weighted by molar-refractivity contribution is 7.80. The number of rotatable bonds is 9. The third kappa shape index (κ3) is 6.89. The summed E-state index contributed by atoms with van der Waals surface area (Å²) in [6, 6.07) is -0.500. The molecule has 0 rings (SSSR count). The minimum absolute atomic E-state index is 0.0119. The van der Waals surface area contributed by atoms with Crippen LogP contribution in [0.4, 0.5) is 0 Å². The number of unbranched alkanes of at least 4 members (excludes halogenated alkanes) is 2. The van der Waals surface area contributed by atoms with Crippen molar-refractivity contribution in [2.24, 2.45) is 0 Å². The molecule has 106 valence electrons. The highest BCUT2D eigenvalue weighted by atomic mass is 32.1. The fourth-order valence-electron chi connectivity index (χ4n) is 1.68. The van der Waals surface area contributed by atoms with Crippen LogP contribution >= 0.6 is 12.6 Å². The standard InChI is InChI=1S/C13H26N2O2S/c1-4-6-8-15(9-7-5-2)13(17)12(10-18)14-11(3)16/h12,18H,4-10H2,1-3H3,(H,14,16). The van der Waals surface area contributed by atoms with Crippen molar-refractivity contribution in [1.82, 2.24) is 10.2 Å². The first-order valence-corrected chi connectivity index (χ1v) is 7.36. The van der Waals surface area contributed by atoms with Gasteiger partial charge in [0, 0.05) is 25.8 Å². The Bertz CT molecular complexity index is 251. The second-order valence-corrected chi connectivity index (χ2v) is 4.83. The number of nitrogens with one attached hydrogen (secondary N) is 1. The van der Waals surface area contributed by atoms with Gasteiger partial charge in [0.05, 0.1) is 0 Å². The lowest BCUT2D eigenvalue weighted by molar-refractivity contribution is -0.135. The van der Waals surface area contributed by atoms with Crippen molar-refractivity contribution < 1.29 is 9.59 Å². The molecule has 0 aliphatic rings. The molecule has 0 heterocycles. The van der Waals surface area contributed by atoms with Gasteiger partial charge in [0.1, 0.15) is 6.04 Å². The van der Waals surface area contributed by atoms with Gasteiger partial charge in [-0.1, -0.05) is 26.7 Å². The van der Waals surface area contributed by atoms with Crippen molar-refractivity contribution in [3.05, 3.63) is 0 Å². The van der Waals surface area contributed by atoms with Crippen molar-refractivity contribution in [2.75, 3.05) is 18.8 Å². The van der Waals surface area contributed by atoms with E-state index in [1.165, 1.54) is 6.92 Å². The molecule has 0 radical (unpaired) electrons. The van der Waals surface area contributed by atoms with Gasteiger partial charge in [0.15, 0.2) is 0 Å². The molecular weight excluding hydrogens is 248 g/mol. The Kier molecular flexibility index (Phi) is 9.83. The molecule has 5 heteroatoms. The van der Waals surface area contributed by atoms with Crippen LogP contribution in [0, 0.1) is 0 Å². The summed E-state index contributed by atoms with van der Waals surface area (Å²) in [5.41, 5.74) is 0. The van der Waals surface area contributed by atoms with Crippen LogP contribution in [-0.2, 0) is 9.59 Å². The molecule has 4 nitrogen and oxygen atoms in total. The smallest absolute Gasteiger partial charge is 0.245 e. The summed E-state index contributed by atoms with van der Waals surface area (Å²) in [4.78, 5) is 25.2. The average Bonchev–Trinajstić information content (AvgIpc) is 2.35. The van der Waals surface area contributed by atoms with Crippen molar-refractivity contribution in [3.63, 3.8) is 0 Å². The van der Waals surface area contributed by atoms with Crippen molar-refractivity contribution >= 4 is 24.4 Å². The number of amides is 2. The first-order chi connectivity index (χ1) is 8.56. The van der Waals surface area contributed by atoms with Gasteiger partial charge < -0.3 is 10.2 Å². The molecule has 18 heavy (non-hydrogen) atoms. The zero-order valence-electron chi connectivity index (χ0n) is 11.7. The molecule has 0 aliphatic heterocycles. The van der Waals surface area contributed by atoms with Crippen LogP contribution in [0.15, 0.2) is 0 Å². The largest absolute Gasteiger partial charge is 0.344 e. The third-order valence-corrected chi connectivity index (χ3v) is 3.10. The lowest BCUT2D eigenvalue weighted by atomic mass is 10.2. The summed E-state index contributed by atoms with van der Waals surface area (Å²) >= 11 is 4.14. The molecular formula is C13H26N2O2S. The van der Waals surface area contributed by atoms with E-state index in [0.717, 1.165) is 38.8 Å². The minimum atomic E-state index is -0.500. The van der Waals surface area contributed by atoms with E-state index >= 15 is 0 Å². The van der Waals surface area contributed by atoms with Crippen LogP contribution in [-0.4, -0.2) is 41.6 Å². The highest BCUT2D eigenvalue weighted by Gasteiger charge is 2.23. The SMILES string of the molecule is CCCCN(CCCC)C(=O)C(CS)NC(C)=O. The number of thiol groups is 1. The second-order valence-electron chi connectivity index (χ2n) is 4.47. The van der Waals surface area contributed by atoms with Crippen LogP contribution < -0.4 is 5.32 Å². The van der Waals surface area contributed by atoms with Crippen molar-refractivity contribution in [3.8, 4) is 0 Å².